The van der Waals surface area contributed by atoms with Gasteiger partial charge >= 0.3 is 0 Å². The second kappa shape index (κ2) is 5.95. The van der Waals surface area contributed by atoms with Gasteiger partial charge in [0.25, 0.3) is 0 Å². The van der Waals surface area contributed by atoms with Gasteiger partial charge in [-0.05, 0) is 112 Å². The Balaban J connectivity index is 0.000000109. The highest BCUT2D eigenvalue weighted by Gasteiger charge is 2.53. The van der Waals surface area contributed by atoms with Crippen molar-refractivity contribution in [1.29, 1.82) is 0 Å². The molecule has 0 aromatic rings. The lowest BCUT2D eigenvalue weighted by Crippen LogP contribution is -2.22. The Kier molecular flexibility index (Phi) is 3.87. The van der Waals surface area contributed by atoms with Crippen LogP contribution in [0, 0.1) is 59.2 Å². The lowest BCUT2D eigenvalue weighted by Gasteiger charge is -2.26. The van der Waals surface area contributed by atoms with Gasteiger partial charge in [-0.2, -0.15) is 0 Å². The third-order valence-electron chi connectivity index (χ3n) is 9.28. The van der Waals surface area contributed by atoms with Gasteiger partial charge in [0.15, 0.2) is 0 Å². The average Bonchev–Trinajstić information content (AvgIpc) is 3.43. The SMILES string of the molecule is O=CC1CC2C3CCC(C3)C2C1.O=CC1CCC2C3CCC(C3)C12. The Bertz CT molecular complexity index is 493. The zero-order valence-electron chi connectivity index (χ0n) is 14.8. The first-order valence-electron chi connectivity index (χ1n) is 10.7. The zero-order valence-corrected chi connectivity index (χ0v) is 14.8. The van der Waals surface area contributed by atoms with Gasteiger partial charge in [0.2, 0.25) is 0 Å². The monoisotopic (exact) mass is 328 g/mol. The van der Waals surface area contributed by atoms with E-state index in [-0.39, 0.29) is 0 Å². The summed E-state index contributed by atoms with van der Waals surface area (Å²) in [4.78, 5) is 21.5. The quantitative estimate of drug-likeness (QED) is 0.699. The summed E-state index contributed by atoms with van der Waals surface area (Å²) in [6, 6.07) is 0. The van der Waals surface area contributed by atoms with Crippen LogP contribution in [0.3, 0.4) is 0 Å². The van der Waals surface area contributed by atoms with Crippen molar-refractivity contribution in [3.05, 3.63) is 0 Å². The average molecular weight is 328 g/mol. The minimum absolute atomic E-state index is 0.434. The van der Waals surface area contributed by atoms with Crippen LogP contribution in [0.4, 0.5) is 0 Å². The highest BCUT2D eigenvalue weighted by molar-refractivity contribution is 5.55. The van der Waals surface area contributed by atoms with Gasteiger partial charge in [0, 0.05) is 11.8 Å². The van der Waals surface area contributed by atoms with Crippen molar-refractivity contribution in [3.8, 4) is 0 Å². The summed E-state index contributed by atoms with van der Waals surface area (Å²) in [6.45, 7) is 0. The molecule has 132 valence electrons. The summed E-state index contributed by atoms with van der Waals surface area (Å²) in [7, 11) is 0. The van der Waals surface area contributed by atoms with Crippen molar-refractivity contribution >= 4 is 12.6 Å². The summed E-state index contributed by atoms with van der Waals surface area (Å²) < 4.78 is 0. The van der Waals surface area contributed by atoms with Crippen molar-refractivity contribution in [2.45, 2.75) is 64.2 Å². The number of hydrogen-bond acceptors (Lipinski definition) is 2. The van der Waals surface area contributed by atoms with E-state index in [1.165, 1.54) is 76.8 Å². The molecule has 0 N–H and O–H groups in total. The van der Waals surface area contributed by atoms with Gasteiger partial charge < -0.3 is 9.59 Å². The summed E-state index contributed by atoms with van der Waals surface area (Å²) in [6.07, 6.45) is 16.3. The predicted octanol–water partition coefficient (Wildman–Crippen LogP) is 4.52. The molecule has 9 atom stereocenters. The van der Waals surface area contributed by atoms with Crippen LogP contribution in [-0.2, 0) is 9.59 Å². The Hall–Kier alpha value is -0.660. The normalized spacial score (nSPS) is 55.8. The minimum Gasteiger partial charge on any atom is -0.303 e. The summed E-state index contributed by atoms with van der Waals surface area (Å²) in [5, 5.41) is 0. The molecular formula is C22H32O2. The largest absolute Gasteiger partial charge is 0.303 e. The summed E-state index contributed by atoms with van der Waals surface area (Å²) >= 11 is 0. The molecule has 0 aliphatic heterocycles. The number of carbonyl (C=O) groups excluding carboxylic acids is 2. The number of aldehydes is 2. The minimum atomic E-state index is 0.434. The molecule has 6 saturated carbocycles. The van der Waals surface area contributed by atoms with Crippen molar-refractivity contribution in [2.75, 3.05) is 0 Å². The summed E-state index contributed by atoms with van der Waals surface area (Å²) in [5.74, 6) is 8.57. The van der Waals surface area contributed by atoms with Crippen LogP contribution in [-0.4, -0.2) is 12.6 Å². The van der Waals surface area contributed by atoms with Crippen molar-refractivity contribution < 1.29 is 9.59 Å². The van der Waals surface area contributed by atoms with Crippen LogP contribution in [0.1, 0.15) is 64.2 Å². The van der Waals surface area contributed by atoms with Crippen LogP contribution in [0.5, 0.6) is 0 Å². The topological polar surface area (TPSA) is 34.1 Å². The Morgan fingerprint density at radius 3 is 1.75 bits per heavy atom. The molecule has 6 aliphatic carbocycles. The van der Waals surface area contributed by atoms with E-state index in [9.17, 15) is 9.59 Å². The number of fused-ring (bicyclic) bond motifs is 10. The molecule has 9 unspecified atom stereocenters. The molecule has 2 heteroatoms. The maximum Gasteiger partial charge on any atom is 0.123 e. The highest BCUT2D eigenvalue weighted by atomic mass is 16.1. The molecule has 0 amide bonds. The molecular weight excluding hydrogens is 296 g/mol. The molecule has 6 fully saturated rings. The van der Waals surface area contributed by atoms with Crippen LogP contribution < -0.4 is 0 Å². The molecule has 0 aromatic carbocycles. The van der Waals surface area contributed by atoms with Gasteiger partial charge in [-0.3, -0.25) is 0 Å². The molecule has 2 nitrogen and oxygen atoms in total. The molecule has 0 spiro atoms. The fraction of sp³-hybridized carbons (Fsp3) is 0.909. The smallest absolute Gasteiger partial charge is 0.123 e. The van der Waals surface area contributed by atoms with E-state index in [0.717, 1.165) is 47.3 Å². The molecule has 6 aliphatic rings. The van der Waals surface area contributed by atoms with Gasteiger partial charge in [-0.1, -0.05) is 0 Å². The molecule has 4 bridgehead atoms. The Labute approximate surface area is 146 Å². The Morgan fingerprint density at radius 2 is 1.12 bits per heavy atom. The van der Waals surface area contributed by atoms with E-state index in [1.807, 2.05) is 0 Å². The first-order valence-corrected chi connectivity index (χ1v) is 10.7. The van der Waals surface area contributed by atoms with Crippen LogP contribution >= 0.6 is 0 Å². The lowest BCUT2D eigenvalue weighted by molar-refractivity contribution is -0.112. The van der Waals surface area contributed by atoms with E-state index in [0.29, 0.717) is 11.8 Å². The van der Waals surface area contributed by atoms with Crippen LogP contribution in [0.2, 0.25) is 0 Å². The van der Waals surface area contributed by atoms with Gasteiger partial charge in [-0.25, -0.2) is 0 Å². The second-order valence-electron chi connectivity index (χ2n) is 9.98. The van der Waals surface area contributed by atoms with Gasteiger partial charge in [0.1, 0.15) is 12.6 Å². The van der Waals surface area contributed by atoms with Gasteiger partial charge in [0.05, 0.1) is 0 Å². The van der Waals surface area contributed by atoms with E-state index >= 15 is 0 Å². The van der Waals surface area contributed by atoms with Crippen molar-refractivity contribution in [2.24, 2.45) is 59.2 Å². The second-order valence-corrected chi connectivity index (χ2v) is 9.98. The molecule has 6 rings (SSSR count). The van der Waals surface area contributed by atoms with Gasteiger partial charge in [-0.15, -0.1) is 0 Å². The van der Waals surface area contributed by atoms with Crippen LogP contribution in [0.25, 0.3) is 0 Å². The molecule has 0 heterocycles. The third kappa shape index (κ3) is 2.27. The standard InChI is InChI=1S/2C11H16O/c12-6-7-3-10-8-1-2-9(5-8)11(10)4-7;12-6-9-3-4-10-7-1-2-8(5-7)11(9)10/h2*6-11H,1-5H2. The van der Waals surface area contributed by atoms with Crippen molar-refractivity contribution in [1.82, 2.24) is 0 Å². The van der Waals surface area contributed by atoms with Crippen LogP contribution in [0.15, 0.2) is 0 Å². The number of rotatable bonds is 2. The molecule has 0 saturated heterocycles. The lowest BCUT2D eigenvalue weighted by atomic mass is 9.78. The molecule has 0 aromatic heterocycles. The highest BCUT2D eigenvalue weighted by Crippen LogP contribution is 2.60. The Morgan fingerprint density at radius 1 is 0.542 bits per heavy atom. The zero-order chi connectivity index (χ0) is 16.3. The molecule has 0 radical (unpaired) electrons. The number of hydrogen-bond donors (Lipinski definition) is 0. The summed E-state index contributed by atoms with van der Waals surface area (Å²) in [5.41, 5.74) is 0. The van der Waals surface area contributed by atoms with E-state index in [1.54, 1.807) is 0 Å². The fourth-order valence-corrected chi connectivity index (χ4v) is 8.46. The fourth-order valence-electron chi connectivity index (χ4n) is 8.46. The maximum atomic E-state index is 10.8. The van der Waals surface area contributed by atoms with E-state index in [2.05, 4.69) is 0 Å². The van der Waals surface area contributed by atoms with Crippen molar-refractivity contribution in [3.63, 3.8) is 0 Å². The third-order valence-corrected chi connectivity index (χ3v) is 9.28. The first-order chi connectivity index (χ1) is 11.8. The maximum absolute atomic E-state index is 10.8. The molecule has 24 heavy (non-hydrogen) atoms. The predicted molar refractivity (Wildman–Crippen MR) is 93.2 cm³/mol. The van der Waals surface area contributed by atoms with E-state index in [4.69, 9.17) is 0 Å². The van der Waals surface area contributed by atoms with E-state index < -0.39 is 0 Å². The first kappa shape index (κ1) is 15.6. The number of carbonyl (C=O) groups is 2.